The van der Waals surface area contributed by atoms with Crippen LogP contribution in [-0.2, 0) is 4.79 Å². The normalized spacial score (nSPS) is 21.4. The highest BCUT2D eigenvalue weighted by molar-refractivity contribution is 5.94. The number of amides is 3. The van der Waals surface area contributed by atoms with Crippen molar-refractivity contribution >= 4 is 17.6 Å². The van der Waals surface area contributed by atoms with Gasteiger partial charge in [0.15, 0.2) is 0 Å². The molecule has 1 aromatic carbocycles. The van der Waals surface area contributed by atoms with Crippen molar-refractivity contribution < 1.29 is 14.3 Å². The lowest BCUT2D eigenvalue weighted by molar-refractivity contribution is -0.126. The number of rotatable bonds is 5. The van der Waals surface area contributed by atoms with E-state index in [1.807, 2.05) is 34.9 Å². The van der Waals surface area contributed by atoms with Gasteiger partial charge < -0.3 is 15.0 Å². The highest BCUT2D eigenvalue weighted by atomic mass is 16.5. The molecule has 2 heterocycles. The average Bonchev–Trinajstić information content (AvgIpc) is 2.83. The third kappa shape index (κ3) is 5.28. The Labute approximate surface area is 192 Å². The van der Waals surface area contributed by atoms with Gasteiger partial charge in [-0.1, -0.05) is 24.6 Å². The van der Waals surface area contributed by atoms with E-state index >= 15 is 0 Å². The van der Waals surface area contributed by atoms with E-state index in [4.69, 9.17) is 4.74 Å². The quantitative estimate of drug-likeness (QED) is 0.670. The molecular weight excluding hydrogens is 402 g/mol. The maximum Gasteiger partial charge on any atom is 0.324 e. The molecule has 1 aliphatic carbocycles. The number of fused-ring (bicyclic) bond motifs is 1. The van der Waals surface area contributed by atoms with Gasteiger partial charge in [-0.05, 0) is 76.0 Å². The summed E-state index contributed by atoms with van der Waals surface area (Å²) in [5.41, 5.74) is 3.46. The molecule has 174 valence electrons. The third-order valence-corrected chi connectivity index (χ3v) is 7.04. The predicted molar refractivity (Wildman–Crippen MR) is 127 cm³/mol. The highest BCUT2D eigenvalue weighted by Gasteiger charge is 2.34. The lowest BCUT2D eigenvalue weighted by atomic mass is 9.95. The van der Waals surface area contributed by atoms with Crippen molar-refractivity contribution in [3.63, 3.8) is 0 Å². The van der Waals surface area contributed by atoms with Gasteiger partial charge in [0.1, 0.15) is 11.9 Å². The van der Waals surface area contributed by atoms with E-state index in [-0.39, 0.29) is 24.0 Å². The molecule has 1 saturated heterocycles. The molecule has 6 heteroatoms. The number of carbonyl (C=O) groups excluding carboxylic acids is 2. The Balaban J connectivity index is 1.30. The number of hydrogen-bond acceptors (Lipinski definition) is 3. The Bertz CT molecular complexity index is 858. The molecule has 32 heavy (non-hydrogen) atoms. The van der Waals surface area contributed by atoms with Crippen molar-refractivity contribution in [3.05, 3.63) is 35.4 Å². The predicted octanol–water partition coefficient (Wildman–Crippen LogP) is 4.81. The highest BCUT2D eigenvalue weighted by Crippen LogP contribution is 2.36. The van der Waals surface area contributed by atoms with E-state index in [2.05, 4.69) is 18.3 Å². The number of hydrogen-bond donors (Lipinski definition) is 1. The van der Waals surface area contributed by atoms with Crippen LogP contribution < -0.4 is 15.0 Å². The summed E-state index contributed by atoms with van der Waals surface area (Å²) < 4.78 is 6.06. The van der Waals surface area contributed by atoms with Crippen molar-refractivity contribution in [2.45, 2.75) is 71.3 Å². The molecule has 4 rings (SSSR count). The molecule has 0 saturated carbocycles. The Morgan fingerprint density at radius 2 is 2.00 bits per heavy atom. The summed E-state index contributed by atoms with van der Waals surface area (Å²) in [4.78, 5) is 29.8. The molecule has 1 N–H and O–H groups in total. The van der Waals surface area contributed by atoms with Gasteiger partial charge in [0, 0.05) is 25.6 Å². The van der Waals surface area contributed by atoms with Gasteiger partial charge in [-0.3, -0.25) is 9.69 Å². The van der Waals surface area contributed by atoms with Gasteiger partial charge >= 0.3 is 6.03 Å². The fraction of sp³-hybridized carbons (Fsp3) is 0.615. The number of urea groups is 1. The first kappa shape index (κ1) is 22.7. The van der Waals surface area contributed by atoms with Crippen LogP contribution in [0, 0.1) is 12.8 Å². The zero-order valence-corrected chi connectivity index (χ0v) is 19.6. The van der Waals surface area contributed by atoms with E-state index in [9.17, 15) is 9.59 Å². The molecule has 1 fully saturated rings. The van der Waals surface area contributed by atoms with Crippen molar-refractivity contribution in [3.8, 4) is 5.75 Å². The first-order valence-corrected chi connectivity index (χ1v) is 12.3. The minimum Gasteiger partial charge on any atom is -0.486 e. The van der Waals surface area contributed by atoms with Gasteiger partial charge in [0.2, 0.25) is 5.91 Å². The lowest BCUT2D eigenvalue weighted by Gasteiger charge is -2.39. The summed E-state index contributed by atoms with van der Waals surface area (Å²) in [6.45, 7) is 6.66. The smallest absolute Gasteiger partial charge is 0.324 e. The van der Waals surface area contributed by atoms with Gasteiger partial charge in [-0.2, -0.15) is 0 Å². The summed E-state index contributed by atoms with van der Waals surface area (Å²) in [5, 5.41) is 3.13. The number of piperidine rings is 1. The van der Waals surface area contributed by atoms with Crippen LogP contribution >= 0.6 is 0 Å². The SMILES string of the molecule is CC[C@@H]1CN(C(=O)N2CCC(C(=O)NCCC3=CCCCC3)CC2)c2cc(C)ccc2O1. The van der Waals surface area contributed by atoms with Crippen LogP contribution in [0.2, 0.25) is 0 Å². The van der Waals surface area contributed by atoms with Crippen molar-refractivity contribution in [2.75, 3.05) is 31.1 Å². The number of allylic oxidation sites excluding steroid dienone is 1. The number of anilines is 1. The standard InChI is InChI=1S/C26H37N3O3/c1-3-22-18-29(23-17-19(2)9-10-24(23)32-22)26(31)28-15-12-21(13-16-28)25(30)27-14-11-20-7-5-4-6-8-20/h7,9-10,17,21-22H,3-6,8,11-16,18H2,1-2H3,(H,27,30)/t22-/m1/s1. The number of likely N-dealkylation sites (tertiary alicyclic amines) is 1. The van der Waals surface area contributed by atoms with E-state index in [0.717, 1.165) is 49.2 Å². The Kier molecular flexibility index (Phi) is 7.38. The molecule has 6 nitrogen and oxygen atoms in total. The van der Waals surface area contributed by atoms with E-state index in [1.165, 1.54) is 31.3 Å². The molecule has 0 aromatic heterocycles. The van der Waals surface area contributed by atoms with Crippen LogP contribution in [0.4, 0.5) is 10.5 Å². The van der Waals surface area contributed by atoms with E-state index in [1.54, 1.807) is 0 Å². The van der Waals surface area contributed by atoms with Crippen molar-refractivity contribution in [1.82, 2.24) is 10.2 Å². The van der Waals surface area contributed by atoms with Crippen LogP contribution in [-0.4, -0.2) is 49.1 Å². The molecule has 1 atom stereocenters. The monoisotopic (exact) mass is 439 g/mol. The second-order valence-electron chi connectivity index (χ2n) is 9.42. The topological polar surface area (TPSA) is 61.9 Å². The lowest BCUT2D eigenvalue weighted by Crippen LogP contribution is -2.52. The summed E-state index contributed by atoms with van der Waals surface area (Å²) in [6.07, 6.45) is 10.6. The molecule has 1 aromatic rings. The molecule has 0 unspecified atom stereocenters. The summed E-state index contributed by atoms with van der Waals surface area (Å²) in [7, 11) is 0. The van der Waals surface area contributed by atoms with Crippen LogP contribution in [0.5, 0.6) is 5.75 Å². The number of nitrogens with zero attached hydrogens (tertiary/aromatic N) is 2. The van der Waals surface area contributed by atoms with Gasteiger partial charge in [0.25, 0.3) is 0 Å². The summed E-state index contributed by atoms with van der Waals surface area (Å²) >= 11 is 0. The second kappa shape index (κ2) is 10.4. The molecule has 0 bridgehead atoms. The van der Waals surface area contributed by atoms with Crippen molar-refractivity contribution in [2.24, 2.45) is 5.92 Å². The molecule has 2 aliphatic heterocycles. The number of aryl methyl sites for hydroxylation is 1. The van der Waals surface area contributed by atoms with E-state index < -0.39 is 0 Å². The zero-order chi connectivity index (χ0) is 22.5. The summed E-state index contributed by atoms with van der Waals surface area (Å²) in [5.74, 6) is 0.929. The largest absolute Gasteiger partial charge is 0.486 e. The van der Waals surface area contributed by atoms with Gasteiger partial charge in [-0.15, -0.1) is 0 Å². The van der Waals surface area contributed by atoms with Gasteiger partial charge in [0.05, 0.1) is 12.2 Å². The first-order valence-electron chi connectivity index (χ1n) is 12.3. The Hall–Kier alpha value is -2.50. The molecule has 0 spiro atoms. The van der Waals surface area contributed by atoms with Crippen molar-refractivity contribution in [1.29, 1.82) is 0 Å². The minimum absolute atomic E-state index is 0.00185. The van der Waals surface area contributed by atoms with Crippen LogP contribution in [0.25, 0.3) is 0 Å². The fourth-order valence-corrected chi connectivity index (χ4v) is 4.98. The number of ether oxygens (including phenoxy) is 1. The minimum atomic E-state index is 0.00185. The molecular formula is C26H37N3O3. The maximum atomic E-state index is 13.4. The number of carbonyl (C=O) groups is 2. The zero-order valence-electron chi connectivity index (χ0n) is 19.6. The second-order valence-corrected chi connectivity index (χ2v) is 9.42. The van der Waals surface area contributed by atoms with Gasteiger partial charge in [-0.25, -0.2) is 4.79 Å². The number of nitrogens with one attached hydrogen (secondary N) is 1. The summed E-state index contributed by atoms with van der Waals surface area (Å²) in [6, 6.07) is 6.05. The molecule has 0 radical (unpaired) electrons. The average molecular weight is 440 g/mol. The maximum absolute atomic E-state index is 13.4. The van der Waals surface area contributed by atoms with E-state index in [0.29, 0.717) is 19.6 Å². The molecule has 3 amide bonds. The third-order valence-electron chi connectivity index (χ3n) is 7.04. The fourth-order valence-electron chi connectivity index (χ4n) is 4.98. The molecule has 3 aliphatic rings. The Morgan fingerprint density at radius 3 is 2.72 bits per heavy atom. The first-order chi connectivity index (χ1) is 15.5. The Morgan fingerprint density at radius 1 is 1.19 bits per heavy atom. The van der Waals surface area contributed by atoms with Crippen LogP contribution in [0.1, 0.15) is 63.9 Å². The van der Waals surface area contributed by atoms with Crippen LogP contribution in [0.3, 0.4) is 0 Å². The van der Waals surface area contributed by atoms with Crippen LogP contribution in [0.15, 0.2) is 29.8 Å². The number of benzene rings is 1.